The number of nitrogens with one attached hydrogen (secondary N) is 1. The summed E-state index contributed by atoms with van der Waals surface area (Å²) in [5.41, 5.74) is 0.599. The van der Waals surface area contributed by atoms with Crippen molar-refractivity contribution in [1.82, 2.24) is 19.1 Å². The Balaban J connectivity index is 1.75. The molecule has 0 spiro atoms. The van der Waals surface area contributed by atoms with E-state index in [2.05, 4.69) is 4.98 Å². The maximum absolute atomic E-state index is 12.8. The van der Waals surface area contributed by atoms with Crippen LogP contribution in [-0.4, -0.2) is 19.1 Å². The minimum atomic E-state index is -0.223. The number of hydrogen-bond acceptors (Lipinski definition) is 3. The highest BCUT2D eigenvalue weighted by molar-refractivity contribution is 5.69. The fourth-order valence-corrected chi connectivity index (χ4v) is 5.03. The zero-order chi connectivity index (χ0) is 17.6. The van der Waals surface area contributed by atoms with Crippen molar-refractivity contribution in [3.63, 3.8) is 0 Å². The van der Waals surface area contributed by atoms with E-state index >= 15 is 0 Å². The molecule has 0 aliphatic heterocycles. The number of aromatic nitrogens is 4. The SMILES string of the molecule is CCCn1c(=O)c2[nH]c(C[C@H]3C[C@@H]4CC[C@H]3C4)nc2n(CCC)c1=O. The summed E-state index contributed by atoms with van der Waals surface area (Å²) >= 11 is 0. The molecule has 0 saturated heterocycles. The van der Waals surface area contributed by atoms with E-state index in [0.29, 0.717) is 30.2 Å². The normalized spacial score (nSPS) is 25.3. The molecule has 0 radical (unpaired) electrons. The van der Waals surface area contributed by atoms with Crippen LogP contribution in [0, 0.1) is 17.8 Å². The maximum atomic E-state index is 12.8. The molecule has 25 heavy (non-hydrogen) atoms. The van der Waals surface area contributed by atoms with Crippen LogP contribution in [0.2, 0.25) is 0 Å². The van der Waals surface area contributed by atoms with E-state index in [-0.39, 0.29) is 11.2 Å². The molecule has 2 bridgehead atoms. The first-order chi connectivity index (χ1) is 12.1. The fraction of sp³-hybridized carbons (Fsp3) is 0.737. The number of fused-ring (bicyclic) bond motifs is 3. The van der Waals surface area contributed by atoms with Crippen molar-refractivity contribution in [2.45, 2.75) is 71.9 Å². The Kier molecular flexibility index (Phi) is 4.29. The van der Waals surface area contributed by atoms with Gasteiger partial charge in [0.15, 0.2) is 5.65 Å². The summed E-state index contributed by atoms with van der Waals surface area (Å²) in [5, 5.41) is 0. The van der Waals surface area contributed by atoms with E-state index in [0.717, 1.165) is 36.9 Å². The molecule has 0 unspecified atom stereocenters. The third-order valence-corrected chi connectivity index (χ3v) is 6.14. The lowest BCUT2D eigenvalue weighted by atomic mass is 9.86. The highest BCUT2D eigenvalue weighted by Gasteiger charge is 2.39. The van der Waals surface area contributed by atoms with Crippen molar-refractivity contribution in [3.05, 3.63) is 26.7 Å². The van der Waals surface area contributed by atoms with E-state index in [9.17, 15) is 9.59 Å². The van der Waals surface area contributed by atoms with Gasteiger partial charge in [-0.25, -0.2) is 9.78 Å². The summed E-state index contributed by atoms with van der Waals surface area (Å²) in [6.07, 6.45) is 7.91. The van der Waals surface area contributed by atoms with Crippen molar-refractivity contribution in [3.8, 4) is 0 Å². The monoisotopic (exact) mass is 344 g/mol. The van der Waals surface area contributed by atoms with Gasteiger partial charge in [0.1, 0.15) is 11.3 Å². The molecule has 6 nitrogen and oxygen atoms in total. The molecule has 2 heterocycles. The third-order valence-electron chi connectivity index (χ3n) is 6.14. The average Bonchev–Trinajstić information content (AvgIpc) is 3.31. The summed E-state index contributed by atoms with van der Waals surface area (Å²) in [5.74, 6) is 3.29. The first-order valence-corrected chi connectivity index (χ1v) is 9.84. The van der Waals surface area contributed by atoms with Gasteiger partial charge in [-0.2, -0.15) is 0 Å². The summed E-state index contributed by atoms with van der Waals surface area (Å²) in [6.45, 7) is 5.07. The zero-order valence-electron chi connectivity index (χ0n) is 15.3. The molecule has 0 amide bonds. The third kappa shape index (κ3) is 2.75. The van der Waals surface area contributed by atoms with E-state index in [1.165, 1.54) is 30.3 Å². The summed E-state index contributed by atoms with van der Waals surface area (Å²) in [7, 11) is 0. The number of H-pyrrole nitrogens is 1. The molecule has 2 fully saturated rings. The molecule has 2 aliphatic carbocycles. The van der Waals surface area contributed by atoms with Gasteiger partial charge < -0.3 is 4.98 Å². The maximum Gasteiger partial charge on any atom is 0.332 e. The van der Waals surface area contributed by atoms with Gasteiger partial charge in [0.25, 0.3) is 5.56 Å². The van der Waals surface area contributed by atoms with Gasteiger partial charge in [-0.05, 0) is 49.9 Å². The second-order valence-corrected chi connectivity index (χ2v) is 7.91. The van der Waals surface area contributed by atoms with Crippen molar-refractivity contribution in [2.75, 3.05) is 0 Å². The van der Waals surface area contributed by atoms with Gasteiger partial charge in [-0.3, -0.25) is 13.9 Å². The lowest BCUT2D eigenvalue weighted by molar-refractivity contribution is 0.327. The average molecular weight is 344 g/mol. The molecule has 136 valence electrons. The number of nitrogens with zero attached hydrogens (tertiary/aromatic N) is 3. The van der Waals surface area contributed by atoms with Crippen molar-refractivity contribution in [1.29, 1.82) is 0 Å². The number of hydrogen-bond donors (Lipinski definition) is 1. The summed E-state index contributed by atoms with van der Waals surface area (Å²) in [4.78, 5) is 33.4. The smallest absolute Gasteiger partial charge is 0.332 e. The van der Waals surface area contributed by atoms with Crippen molar-refractivity contribution >= 4 is 11.2 Å². The first kappa shape index (κ1) is 16.6. The number of aryl methyl sites for hydroxylation is 1. The van der Waals surface area contributed by atoms with Crippen molar-refractivity contribution in [2.24, 2.45) is 17.8 Å². The lowest BCUT2D eigenvalue weighted by Crippen LogP contribution is -2.40. The van der Waals surface area contributed by atoms with Gasteiger partial charge in [-0.15, -0.1) is 0 Å². The molecule has 1 N–H and O–H groups in total. The number of rotatable bonds is 6. The Labute approximate surface area is 147 Å². The van der Waals surface area contributed by atoms with Crippen LogP contribution in [-0.2, 0) is 19.5 Å². The van der Waals surface area contributed by atoms with Crippen LogP contribution in [0.15, 0.2) is 9.59 Å². The standard InChI is InChI=1S/C19H28N4O2/c1-3-7-22-17-16(18(24)23(8-4-2)19(22)25)20-15(21-17)11-14-10-12-5-6-13(14)9-12/h12-14H,3-11H2,1-2H3,(H,20,21)/t12-,13+,14-/m1/s1. The summed E-state index contributed by atoms with van der Waals surface area (Å²) in [6, 6.07) is 0. The Bertz CT molecular complexity index is 891. The van der Waals surface area contributed by atoms with Crippen molar-refractivity contribution < 1.29 is 0 Å². The highest BCUT2D eigenvalue weighted by Crippen LogP contribution is 2.49. The van der Waals surface area contributed by atoms with Crippen LogP contribution in [0.4, 0.5) is 0 Å². The number of imidazole rings is 1. The molecule has 4 rings (SSSR count). The van der Waals surface area contributed by atoms with Gasteiger partial charge in [-0.1, -0.05) is 20.3 Å². The predicted octanol–water partition coefficient (Wildman–Crippen LogP) is 2.69. The van der Waals surface area contributed by atoms with Gasteiger partial charge in [0.05, 0.1) is 0 Å². The van der Waals surface area contributed by atoms with Crippen LogP contribution in [0.1, 0.15) is 58.2 Å². The molecular weight excluding hydrogens is 316 g/mol. The topological polar surface area (TPSA) is 72.7 Å². The second kappa shape index (κ2) is 6.46. The van der Waals surface area contributed by atoms with Gasteiger partial charge in [0.2, 0.25) is 0 Å². The summed E-state index contributed by atoms with van der Waals surface area (Å²) < 4.78 is 3.03. The molecule has 2 saturated carbocycles. The Hall–Kier alpha value is -1.85. The molecule has 2 aromatic rings. The van der Waals surface area contributed by atoms with Crippen LogP contribution < -0.4 is 11.2 Å². The minimum absolute atomic E-state index is 0.221. The van der Waals surface area contributed by atoms with E-state index in [4.69, 9.17) is 4.98 Å². The predicted molar refractivity (Wildman–Crippen MR) is 97.8 cm³/mol. The zero-order valence-corrected chi connectivity index (χ0v) is 15.3. The Morgan fingerprint density at radius 1 is 1.08 bits per heavy atom. The minimum Gasteiger partial charge on any atom is -0.336 e. The van der Waals surface area contributed by atoms with E-state index in [1.54, 1.807) is 4.57 Å². The highest BCUT2D eigenvalue weighted by atomic mass is 16.2. The van der Waals surface area contributed by atoms with Crippen LogP contribution in [0.25, 0.3) is 11.2 Å². The van der Waals surface area contributed by atoms with Crippen LogP contribution in [0.5, 0.6) is 0 Å². The van der Waals surface area contributed by atoms with Gasteiger partial charge in [0, 0.05) is 19.5 Å². The largest absolute Gasteiger partial charge is 0.336 e. The van der Waals surface area contributed by atoms with Crippen LogP contribution in [0.3, 0.4) is 0 Å². The Morgan fingerprint density at radius 2 is 1.84 bits per heavy atom. The lowest BCUT2D eigenvalue weighted by Gasteiger charge is -2.20. The molecule has 6 heteroatoms. The molecular formula is C19H28N4O2. The molecule has 0 aromatic carbocycles. The van der Waals surface area contributed by atoms with Crippen LogP contribution >= 0.6 is 0 Å². The fourth-order valence-electron chi connectivity index (χ4n) is 5.03. The second-order valence-electron chi connectivity index (χ2n) is 7.91. The molecule has 3 atom stereocenters. The number of aromatic amines is 1. The van der Waals surface area contributed by atoms with E-state index < -0.39 is 0 Å². The molecule has 2 aliphatic rings. The van der Waals surface area contributed by atoms with Gasteiger partial charge >= 0.3 is 5.69 Å². The van der Waals surface area contributed by atoms with E-state index in [1.807, 2.05) is 13.8 Å². The Morgan fingerprint density at radius 3 is 2.48 bits per heavy atom. The molecule has 2 aromatic heterocycles. The quantitative estimate of drug-likeness (QED) is 0.875. The first-order valence-electron chi connectivity index (χ1n) is 9.84.